The van der Waals surface area contributed by atoms with Gasteiger partial charge in [-0.05, 0) is 58.3 Å². The lowest BCUT2D eigenvalue weighted by Gasteiger charge is -2.32. The summed E-state index contributed by atoms with van der Waals surface area (Å²) in [5.41, 5.74) is 2.47. The molecule has 3 aromatic rings. The first-order chi connectivity index (χ1) is 15.1. The molecule has 0 fully saturated rings. The fraction of sp³-hybridized carbons (Fsp3) is 0.273. The molecule has 160 valence electrons. The first kappa shape index (κ1) is 21.0. The van der Waals surface area contributed by atoms with Crippen LogP contribution in [-0.4, -0.2) is 39.2 Å². The van der Waals surface area contributed by atoms with Crippen LogP contribution in [0.25, 0.3) is 5.70 Å². The third kappa shape index (κ3) is 4.59. The van der Waals surface area contributed by atoms with Crippen molar-refractivity contribution in [1.29, 1.82) is 0 Å². The smallest absolute Gasteiger partial charge is 0.251 e. The van der Waals surface area contributed by atoms with Gasteiger partial charge in [-0.25, -0.2) is 4.39 Å². The number of nitrogens with one attached hydrogen (secondary N) is 1. The van der Waals surface area contributed by atoms with Crippen LogP contribution in [0.15, 0.2) is 54.6 Å². The number of hydrogen-bond donors (Lipinski definition) is 1. The summed E-state index contributed by atoms with van der Waals surface area (Å²) < 4.78 is 15.1. The largest absolute Gasteiger partial charge is 0.355 e. The van der Waals surface area contributed by atoms with Gasteiger partial charge in [0, 0.05) is 11.6 Å². The molecule has 0 spiro atoms. The van der Waals surface area contributed by atoms with Crippen LogP contribution in [0.3, 0.4) is 0 Å². The van der Waals surface area contributed by atoms with Gasteiger partial charge in [-0.3, -0.25) is 9.69 Å². The number of rotatable bonds is 7. The number of carbonyl (C=O) groups is 1. The number of hydrogen-bond acceptors (Lipinski definition) is 5. The summed E-state index contributed by atoms with van der Waals surface area (Å²) in [7, 11) is 0. The molecular formula is C22H22ClFN6O. The minimum absolute atomic E-state index is 0.0642. The van der Waals surface area contributed by atoms with Crippen molar-refractivity contribution in [3.63, 3.8) is 0 Å². The number of halogens is 2. The van der Waals surface area contributed by atoms with Gasteiger partial charge in [-0.2, -0.15) is 4.68 Å². The lowest BCUT2D eigenvalue weighted by molar-refractivity contribution is -0.119. The molecule has 7 nitrogen and oxygen atoms in total. The first-order valence-electron chi connectivity index (χ1n) is 10.1. The normalized spacial score (nSPS) is 15.4. The summed E-state index contributed by atoms with van der Waals surface area (Å²) in [4.78, 5) is 14.4. The molecule has 0 radical (unpaired) electrons. The highest BCUT2D eigenvalue weighted by Crippen LogP contribution is 2.36. The van der Waals surface area contributed by atoms with Crippen LogP contribution in [0.5, 0.6) is 0 Å². The van der Waals surface area contributed by atoms with Gasteiger partial charge in [0.1, 0.15) is 18.4 Å². The summed E-state index contributed by atoms with van der Waals surface area (Å²) >= 11 is 6.08. The van der Waals surface area contributed by atoms with Crippen LogP contribution in [0, 0.1) is 5.82 Å². The van der Waals surface area contributed by atoms with E-state index in [1.165, 1.54) is 12.1 Å². The zero-order valence-corrected chi connectivity index (χ0v) is 17.8. The number of allylic oxidation sites excluding steroid dienone is 1. The molecule has 2 heterocycles. The maximum atomic E-state index is 13.5. The molecule has 1 atom stereocenters. The lowest BCUT2D eigenvalue weighted by atomic mass is 10.0. The topological polar surface area (TPSA) is 75.9 Å². The van der Waals surface area contributed by atoms with Crippen molar-refractivity contribution >= 4 is 29.2 Å². The number of fused-ring (bicyclic) bond motifs is 1. The molecule has 1 aromatic heterocycles. The Kier molecular flexibility index (Phi) is 6.27. The van der Waals surface area contributed by atoms with E-state index in [4.69, 9.17) is 11.6 Å². The highest BCUT2D eigenvalue weighted by Gasteiger charge is 2.31. The Morgan fingerprint density at radius 3 is 2.61 bits per heavy atom. The molecule has 1 aliphatic heterocycles. The van der Waals surface area contributed by atoms with Crippen molar-refractivity contribution in [2.45, 2.75) is 25.8 Å². The van der Waals surface area contributed by atoms with Crippen LogP contribution in [-0.2, 0) is 4.79 Å². The van der Waals surface area contributed by atoms with Crippen molar-refractivity contribution in [3.8, 4) is 0 Å². The number of aromatic nitrogens is 4. The molecular weight excluding hydrogens is 419 g/mol. The average molecular weight is 441 g/mol. The fourth-order valence-corrected chi connectivity index (χ4v) is 3.62. The van der Waals surface area contributed by atoms with E-state index >= 15 is 0 Å². The second-order valence-electron chi connectivity index (χ2n) is 7.27. The molecule has 2 aromatic carbocycles. The maximum Gasteiger partial charge on any atom is 0.251 e. The second kappa shape index (κ2) is 9.26. The Labute approximate surface area is 184 Å². The third-order valence-corrected chi connectivity index (χ3v) is 5.34. The number of tetrazole rings is 1. The van der Waals surface area contributed by atoms with Crippen molar-refractivity contribution in [2.24, 2.45) is 0 Å². The highest BCUT2D eigenvalue weighted by atomic mass is 35.5. The van der Waals surface area contributed by atoms with Crippen molar-refractivity contribution in [1.82, 2.24) is 25.5 Å². The Balaban J connectivity index is 1.74. The molecule has 0 saturated heterocycles. The van der Waals surface area contributed by atoms with Gasteiger partial charge in [0.25, 0.3) is 5.95 Å². The lowest BCUT2D eigenvalue weighted by Crippen LogP contribution is -2.40. The molecule has 0 unspecified atom stereocenters. The Morgan fingerprint density at radius 2 is 1.90 bits per heavy atom. The molecule has 31 heavy (non-hydrogen) atoms. The van der Waals surface area contributed by atoms with Crippen LogP contribution in [0.4, 0.5) is 10.3 Å². The quantitative estimate of drug-likeness (QED) is 0.565. The standard InChI is InChI=1S/C22H22ClFN6O/c1-2-3-12-25-21(31)14-29-19(15-4-8-17(23)9-5-15)13-20(30-22(29)26-27-28-30)16-6-10-18(24)11-7-16/h4-11,13,20H,2-3,12,14H2,1H3,(H,25,31)/t20-/m0/s1. The number of amides is 1. The average Bonchev–Trinajstić information content (AvgIpc) is 3.26. The van der Waals surface area contributed by atoms with Crippen molar-refractivity contribution in [3.05, 3.63) is 76.6 Å². The van der Waals surface area contributed by atoms with Crippen molar-refractivity contribution in [2.75, 3.05) is 18.0 Å². The molecule has 0 aliphatic carbocycles. The molecule has 9 heteroatoms. The number of benzene rings is 2. The number of carbonyl (C=O) groups excluding carboxylic acids is 1. The summed E-state index contributed by atoms with van der Waals surface area (Å²) in [5, 5.41) is 15.7. The molecule has 1 amide bonds. The van der Waals surface area contributed by atoms with E-state index in [1.807, 2.05) is 18.2 Å². The summed E-state index contributed by atoms with van der Waals surface area (Å²) in [6.07, 6.45) is 3.88. The van der Waals surface area contributed by atoms with Gasteiger partial charge in [0.05, 0.1) is 5.70 Å². The second-order valence-corrected chi connectivity index (χ2v) is 7.70. The first-order valence-corrected chi connectivity index (χ1v) is 10.5. The SMILES string of the molecule is CCCCNC(=O)CN1C(c2ccc(Cl)cc2)=C[C@@H](c2ccc(F)cc2)n2nnnc21. The van der Waals surface area contributed by atoms with Crippen LogP contribution in [0.1, 0.15) is 36.9 Å². The van der Waals surface area contributed by atoms with Gasteiger partial charge >= 0.3 is 0 Å². The van der Waals surface area contributed by atoms with Crippen molar-refractivity contribution < 1.29 is 9.18 Å². The summed E-state index contributed by atoms with van der Waals surface area (Å²) in [6, 6.07) is 13.2. The number of anilines is 1. The predicted molar refractivity (Wildman–Crippen MR) is 117 cm³/mol. The van der Waals surface area contributed by atoms with Crippen LogP contribution in [0.2, 0.25) is 5.02 Å². The Hall–Kier alpha value is -3.26. The number of unbranched alkanes of at least 4 members (excludes halogenated alkanes) is 1. The maximum absolute atomic E-state index is 13.5. The van der Waals surface area contributed by atoms with Gasteiger partial charge in [-0.15, -0.1) is 0 Å². The number of nitrogens with zero attached hydrogens (tertiary/aromatic N) is 5. The molecule has 0 bridgehead atoms. The van der Waals surface area contributed by atoms with Crippen LogP contribution >= 0.6 is 11.6 Å². The fourth-order valence-electron chi connectivity index (χ4n) is 3.49. The van der Waals surface area contributed by atoms with E-state index in [0.717, 1.165) is 29.7 Å². The molecule has 0 saturated carbocycles. The zero-order valence-electron chi connectivity index (χ0n) is 17.0. The monoisotopic (exact) mass is 440 g/mol. The van der Waals surface area contributed by atoms with E-state index in [9.17, 15) is 9.18 Å². The summed E-state index contributed by atoms with van der Waals surface area (Å²) in [5.74, 6) is -0.000656. The summed E-state index contributed by atoms with van der Waals surface area (Å²) in [6.45, 7) is 2.75. The van der Waals surface area contributed by atoms with E-state index in [2.05, 4.69) is 27.8 Å². The molecule has 1 aliphatic rings. The van der Waals surface area contributed by atoms with Crippen LogP contribution < -0.4 is 10.2 Å². The van der Waals surface area contributed by atoms with Gasteiger partial charge in [0.15, 0.2) is 0 Å². The van der Waals surface area contributed by atoms with E-state index in [1.54, 1.807) is 33.8 Å². The van der Waals surface area contributed by atoms with E-state index in [-0.39, 0.29) is 24.3 Å². The van der Waals surface area contributed by atoms with Gasteiger partial charge in [-0.1, -0.05) is 54.3 Å². The minimum Gasteiger partial charge on any atom is -0.355 e. The Morgan fingerprint density at radius 1 is 1.16 bits per heavy atom. The Bertz CT molecular complexity index is 1080. The van der Waals surface area contributed by atoms with Gasteiger partial charge in [0.2, 0.25) is 5.91 Å². The zero-order chi connectivity index (χ0) is 21.8. The van der Waals surface area contributed by atoms with E-state index in [0.29, 0.717) is 17.5 Å². The van der Waals surface area contributed by atoms with E-state index < -0.39 is 0 Å². The predicted octanol–water partition coefficient (Wildman–Crippen LogP) is 3.83. The molecule has 4 rings (SSSR count). The minimum atomic E-state index is -0.351. The third-order valence-electron chi connectivity index (χ3n) is 5.09. The van der Waals surface area contributed by atoms with Gasteiger partial charge < -0.3 is 5.32 Å². The highest BCUT2D eigenvalue weighted by molar-refractivity contribution is 6.30. The molecule has 1 N–H and O–H groups in total.